The summed E-state index contributed by atoms with van der Waals surface area (Å²) in [6.45, 7) is 4.14. The monoisotopic (exact) mass is 280 g/mol. The van der Waals surface area contributed by atoms with Crippen molar-refractivity contribution in [3.05, 3.63) is 65.2 Å². The Kier molecular flexibility index (Phi) is 3.20. The number of carbonyl (C=O) groups is 1. The van der Waals surface area contributed by atoms with Crippen LogP contribution in [0.25, 0.3) is 0 Å². The molecule has 3 nitrogen and oxygen atoms in total. The molecule has 2 aromatic carbocycles. The van der Waals surface area contributed by atoms with Crippen LogP contribution in [-0.4, -0.2) is 11.4 Å². The van der Waals surface area contributed by atoms with Crippen LogP contribution in [0.3, 0.4) is 0 Å². The van der Waals surface area contributed by atoms with E-state index in [2.05, 4.69) is 31.3 Å². The molecule has 0 spiro atoms. The Bertz CT molecular complexity index is 677. The number of fused-ring (bicyclic) bond motifs is 1. The number of amides is 1. The molecule has 1 aliphatic rings. The maximum Gasteiger partial charge on any atom is 0.224 e. The van der Waals surface area contributed by atoms with Crippen molar-refractivity contribution in [2.24, 2.45) is 0 Å². The molecular weight excluding hydrogens is 260 g/mol. The quantitative estimate of drug-likeness (QED) is 0.789. The largest absolute Gasteiger partial charge is 0.399 e. The maximum atomic E-state index is 12.2. The van der Waals surface area contributed by atoms with Gasteiger partial charge in [0.1, 0.15) is 0 Å². The highest BCUT2D eigenvalue weighted by atomic mass is 16.1. The van der Waals surface area contributed by atoms with E-state index in [0.29, 0.717) is 6.42 Å². The first-order valence-electron chi connectivity index (χ1n) is 7.21. The molecule has 3 N–H and O–H groups in total. The second kappa shape index (κ2) is 4.92. The third-order valence-corrected chi connectivity index (χ3v) is 4.15. The number of benzene rings is 2. The van der Waals surface area contributed by atoms with Crippen molar-refractivity contribution in [3.63, 3.8) is 0 Å². The standard InChI is InChI=1S/C18H20N2O/c1-18(2)17(12-6-4-3-5-7-12)15-11-14(19)9-8-13(15)10-16(21)20-18/h3-9,11,17H,10,19H2,1-2H3,(H,20,21). The molecule has 2 aromatic rings. The fourth-order valence-corrected chi connectivity index (χ4v) is 3.32. The first-order valence-corrected chi connectivity index (χ1v) is 7.21. The summed E-state index contributed by atoms with van der Waals surface area (Å²) in [7, 11) is 0. The van der Waals surface area contributed by atoms with Crippen LogP contribution in [0.5, 0.6) is 0 Å². The van der Waals surface area contributed by atoms with Crippen LogP contribution in [0.2, 0.25) is 0 Å². The highest BCUT2D eigenvalue weighted by molar-refractivity contribution is 5.81. The third kappa shape index (κ3) is 2.51. The molecule has 21 heavy (non-hydrogen) atoms. The predicted octanol–water partition coefficient (Wildman–Crippen LogP) is 2.85. The summed E-state index contributed by atoms with van der Waals surface area (Å²) in [4.78, 5) is 12.2. The molecule has 1 heterocycles. The second-order valence-electron chi connectivity index (χ2n) is 6.25. The number of hydrogen-bond donors (Lipinski definition) is 2. The molecule has 108 valence electrons. The Labute approximate surface area is 125 Å². The molecule has 0 bridgehead atoms. The molecule has 0 aromatic heterocycles. The van der Waals surface area contributed by atoms with Gasteiger partial charge in [-0.3, -0.25) is 4.79 Å². The number of nitrogen functional groups attached to an aromatic ring is 1. The van der Waals surface area contributed by atoms with Gasteiger partial charge in [-0.2, -0.15) is 0 Å². The molecule has 0 fully saturated rings. The zero-order valence-electron chi connectivity index (χ0n) is 12.4. The first kappa shape index (κ1) is 13.7. The van der Waals surface area contributed by atoms with Gasteiger partial charge < -0.3 is 11.1 Å². The van der Waals surface area contributed by atoms with Gasteiger partial charge in [-0.25, -0.2) is 0 Å². The first-order chi connectivity index (χ1) is 9.97. The van der Waals surface area contributed by atoms with Crippen LogP contribution in [0.15, 0.2) is 48.5 Å². The van der Waals surface area contributed by atoms with Crippen molar-refractivity contribution in [2.75, 3.05) is 5.73 Å². The van der Waals surface area contributed by atoms with E-state index in [1.807, 2.05) is 36.4 Å². The highest BCUT2D eigenvalue weighted by Gasteiger charge is 2.37. The van der Waals surface area contributed by atoms with Gasteiger partial charge in [-0.1, -0.05) is 36.4 Å². The number of rotatable bonds is 1. The molecule has 1 unspecified atom stereocenters. The zero-order valence-corrected chi connectivity index (χ0v) is 12.4. The van der Waals surface area contributed by atoms with Gasteiger partial charge in [0.15, 0.2) is 0 Å². The lowest BCUT2D eigenvalue weighted by Gasteiger charge is -2.35. The summed E-state index contributed by atoms with van der Waals surface area (Å²) in [6, 6.07) is 16.1. The number of nitrogens with one attached hydrogen (secondary N) is 1. The lowest BCUT2D eigenvalue weighted by atomic mass is 9.76. The summed E-state index contributed by atoms with van der Waals surface area (Å²) in [5, 5.41) is 3.15. The van der Waals surface area contributed by atoms with Crippen molar-refractivity contribution >= 4 is 11.6 Å². The van der Waals surface area contributed by atoms with E-state index >= 15 is 0 Å². The molecule has 0 saturated heterocycles. The Balaban J connectivity index is 2.23. The fourth-order valence-electron chi connectivity index (χ4n) is 3.32. The van der Waals surface area contributed by atoms with Crippen LogP contribution in [0.1, 0.15) is 36.5 Å². The Morgan fingerprint density at radius 3 is 2.57 bits per heavy atom. The van der Waals surface area contributed by atoms with E-state index in [1.165, 1.54) is 5.56 Å². The van der Waals surface area contributed by atoms with Gasteiger partial charge in [0.25, 0.3) is 0 Å². The van der Waals surface area contributed by atoms with Gasteiger partial charge in [0.05, 0.1) is 6.42 Å². The molecular formula is C18H20N2O. The van der Waals surface area contributed by atoms with E-state index in [0.717, 1.165) is 16.8 Å². The van der Waals surface area contributed by atoms with Crippen molar-refractivity contribution in [3.8, 4) is 0 Å². The summed E-state index contributed by atoms with van der Waals surface area (Å²) in [5.41, 5.74) is 9.75. The van der Waals surface area contributed by atoms with E-state index in [-0.39, 0.29) is 17.4 Å². The minimum absolute atomic E-state index is 0.0597. The normalized spacial score (nSPS) is 20.3. The number of hydrogen-bond acceptors (Lipinski definition) is 2. The maximum absolute atomic E-state index is 12.2. The smallest absolute Gasteiger partial charge is 0.224 e. The van der Waals surface area contributed by atoms with Crippen LogP contribution < -0.4 is 11.1 Å². The fraction of sp³-hybridized carbons (Fsp3) is 0.278. The van der Waals surface area contributed by atoms with Crippen molar-refractivity contribution in [1.82, 2.24) is 5.32 Å². The minimum Gasteiger partial charge on any atom is -0.399 e. The summed E-state index contributed by atoms with van der Waals surface area (Å²) >= 11 is 0. The molecule has 1 amide bonds. The van der Waals surface area contributed by atoms with Crippen molar-refractivity contribution in [1.29, 1.82) is 0 Å². The lowest BCUT2D eigenvalue weighted by Crippen LogP contribution is -2.47. The molecule has 0 saturated carbocycles. The van der Waals surface area contributed by atoms with Gasteiger partial charge in [0.2, 0.25) is 5.91 Å². The Morgan fingerprint density at radius 1 is 1.14 bits per heavy atom. The van der Waals surface area contributed by atoms with Gasteiger partial charge in [-0.05, 0) is 42.7 Å². The van der Waals surface area contributed by atoms with Gasteiger partial charge in [0, 0.05) is 17.1 Å². The molecule has 3 heteroatoms. The summed E-state index contributed by atoms with van der Waals surface area (Å²) < 4.78 is 0. The molecule has 0 radical (unpaired) electrons. The van der Waals surface area contributed by atoms with Crippen LogP contribution in [0.4, 0.5) is 5.69 Å². The average molecular weight is 280 g/mol. The van der Waals surface area contributed by atoms with Crippen LogP contribution in [-0.2, 0) is 11.2 Å². The topological polar surface area (TPSA) is 55.1 Å². The molecule has 0 aliphatic carbocycles. The summed E-state index contributed by atoms with van der Waals surface area (Å²) in [6.07, 6.45) is 0.405. The van der Waals surface area contributed by atoms with E-state index in [4.69, 9.17) is 5.73 Å². The van der Waals surface area contributed by atoms with E-state index < -0.39 is 0 Å². The van der Waals surface area contributed by atoms with Crippen LogP contribution >= 0.6 is 0 Å². The molecule has 3 rings (SSSR count). The van der Waals surface area contributed by atoms with E-state index in [9.17, 15) is 4.79 Å². The third-order valence-electron chi connectivity index (χ3n) is 4.15. The number of nitrogens with two attached hydrogens (primary N) is 1. The predicted molar refractivity (Wildman–Crippen MR) is 85.1 cm³/mol. The minimum atomic E-state index is -0.364. The van der Waals surface area contributed by atoms with E-state index in [1.54, 1.807) is 0 Å². The van der Waals surface area contributed by atoms with Gasteiger partial charge >= 0.3 is 0 Å². The lowest BCUT2D eigenvalue weighted by molar-refractivity contribution is -0.121. The molecule has 1 atom stereocenters. The molecule has 1 aliphatic heterocycles. The van der Waals surface area contributed by atoms with Crippen molar-refractivity contribution in [2.45, 2.75) is 31.7 Å². The number of carbonyl (C=O) groups excluding carboxylic acids is 1. The zero-order chi connectivity index (χ0) is 15.0. The van der Waals surface area contributed by atoms with Crippen molar-refractivity contribution < 1.29 is 4.79 Å². The van der Waals surface area contributed by atoms with Gasteiger partial charge in [-0.15, -0.1) is 0 Å². The Hall–Kier alpha value is -2.29. The average Bonchev–Trinajstić information content (AvgIpc) is 2.51. The number of anilines is 1. The summed E-state index contributed by atoms with van der Waals surface area (Å²) in [5.74, 6) is 0.146. The van der Waals surface area contributed by atoms with Crippen LogP contribution in [0, 0.1) is 0 Å². The SMILES string of the molecule is CC1(C)NC(=O)Cc2ccc(N)cc2C1c1ccccc1. The Morgan fingerprint density at radius 2 is 1.86 bits per heavy atom. The second-order valence-corrected chi connectivity index (χ2v) is 6.25. The highest BCUT2D eigenvalue weighted by Crippen LogP contribution is 2.39.